The number of hydrogen-bond acceptors (Lipinski definition) is 35. The first-order chi connectivity index (χ1) is 66.7. The quantitative estimate of drug-likeness (QED) is 0.0335. The van der Waals surface area contributed by atoms with E-state index in [1.807, 2.05) is 0 Å². The number of ketones is 2. The minimum atomic E-state index is -5.04. The summed E-state index contributed by atoms with van der Waals surface area (Å²) >= 11 is 14.6. The molecule has 0 saturated carbocycles. The smallest absolute Gasteiger partial charge is 0.508 e. The van der Waals surface area contributed by atoms with E-state index in [4.69, 9.17) is 66.8 Å². The number of aromatic hydroxyl groups is 3. The van der Waals surface area contributed by atoms with Crippen LogP contribution in [0.25, 0.3) is 11.1 Å². The van der Waals surface area contributed by atoms with Crippen molar-refractivity contribution in [1.82, 2.24) is 37.2 Å². The van der Waals surface area contributed by atoms with E-state index < -0.39 is 334 Å². The Kier molecular flexibility index (Phi) is 35.7. The molecule has 15 rings (SSSR count). The molecule has 0 spiro atoms. The monoisotopic (exact) mass is 2030 g/mol. The van der Waals surface area contributed by atoms with Crippen LogP contribution in [0.5, 0.6) is 51.7 Å². The number of likely N-dealkylation sites (N-methyl/N-ethyl adjacent to an activating group) is 1. The molecule has 0 aliphatic carbocycles. The fraction of sp³-hybridized carbons (Fsp3) is 0.463. The highest BCUT2D eigenvalue weighted by Crippen LogP contribution is 2.51. The van der Waals surface area contributed by atoms with E-state index in [9.17, 15) is 109 Å². The van der Waals surface area contributed by atoms with E-state index in [-0.39, 0.29) is 73.8 Å². The zero-order valence-electron chi connectivity index (χ0n) is 75.9. The molecule has 11 bridgehead atoms. The molecule has 6 amide bonds. The highest BCUT2D eigenvalue weighted by molar-refractivity contribution is 6.32. The van der Waals surface area contributed by atoms with Gasteiger partial charge in [-0.2, -0.15) is 0 Å². The number of hydrogen-bond donors (Lipinski definition) is 24. The third-order valence-electron chi connectivity index (χ3n) is 25.0. The molecule has 3 saturated heterocycles. The van der Waals surface area contributed by atoms with Gasteiger partial charge in [-0.25, -0.2) is 4.79 Å². The summed E-state index contributed by atoms with van der Waals surface area (Å²) in [7, 11) is 1.46. The molecule has 0 aromatic heterocycles. The maximum atomic E-state index is 16.7. The van der Waals surface area contributed by atoms with Gasteiger partial charge in [0.2, 0.25) is 41.6 Å². The third kappa shape index (κ3) is 25.4. The largest absolute Gasteiger partial charge is 0.573 e. The first kappa shape index (κ1) is 109. The fourth-order valence-electron chi connectivity index (χ4n) is 17.6. The van der Waals surface area contributed by atoms with Crippen LogP contribution in [0.1, 0.15) is 148 Å². The zero-order valence-corrected chi connectivity index (χ0v) is 77.4. The van der Waals surface area contributed by atoms with Gasteiger partial charge in [0.15, 0.2) is 41.7 Å². The maximum Gasteiger partial charge on any atom is 0.573 e. The summed E-state index contributed by atoms with van der Waals surface area (Å²) in [6, 6.07) is 13.9. The number of amides is 6. The number of carbonyl (C=O) groups is 9. The van der Waals surface area contributed by atoms with Crippen molar-refractivity contribution < 1.29 is 176 Å². The summed E-state index contributed by atoms with van der Waals surface area (Å²) in [5, 5.41) is 192. The lowest BCUT2D eigenvalue weighted by Crippen LogP contribution is -2.65. The van der Waals surface area contributed by atoms with Crippen molar-refractivity contribution in [2.75, 3.05) is 38.7 Å². The number of phenolic OH excluding ortho intramolecular Hbond substituents is 3. The lowest BCUT2D eigenvalue weighted by Gasteiger charge is -2.47. The van der Waals surface area contributed by atoms with Crippen molar-refractivity contribution in [1.29, 1.82) is 0 Å². The number of anilines is 1. The van der Waals surface area contributed by atoms with Gasteiger partial charge in [-0.05, 0) is 159 Å². The maximum absolute atomic E-state index is 16.7. The molecule has 770 valence electrons. The van der Waals surface area contributed by atoms with Crippen LogP contribution in [0.2, 0.25) is 10.0 Å². The third-order valence-corrected chi connectivity index (χ3v) is 25.6. The van der Waals surface area contributed by atoms with Gasteiger partial charge < -0.3 is 167 Å². The number of carboxylic acid groups (broad SMARTS) is 1. The Balaban J connectivity index is 0.0000180. The van der Waals surface area contributed by atoms with Crippen LogP contribution < -0.4 is 67.2 Å². The number of nitrogens with one attached hydrogen (secondary N) is 8. The number of carbonyl (C=O) groups excluding carboxylic acids is 8. The van der Waals surface area contributed by atoms with Gasteiger partial charge in [-0.15, -0.1) is 13.2 Å². The predicted molar refractivity (Wildman–Crippen MR) is 491 cm³/mol. The van der Waals surface area contributed by atoms with Crippen molar-refractivity contribution in [3.8, 4) is 62.9 Å². The highest BCUT2D eigenvalue weighted by Gasteiger charge is 2.54. The number of aliphatic carboxylic acids is 1. The molecule has 42 nitrogen and oxygen atoms in total. The molecule has 8 aliphatic rings. The van der Waals surface area contributed by atoms with E-state index in [0.717, 1.165) is 78.9 Å². The minimum absolute atomic E-state index is 0. The normalized spacial score (nSPS) is 28.2. The van der Waals surface area contributed by atoms with Crippen LogP contribution >= 0.6 is 23.2 Å². The number of aliphatic hydroxyl groups is 11. The zero-order chi connectivity index (χ0) is 102. The number of primary amides is 1. The van der Waals surface area contributed by atoms with Crippen LogP contribution in [0.4, 0.5) is 18.9 Å². The summed E-state index contributed by atoms with van der Waals surface area (Å²) in [5.41, 5.74) is 1.88. The van der Waals surface area contributed by atoms with E-state index in [1.165, 1.54) is 63.4 Å². The SMILES string of the molecule is C.CN[C@H](CC(C)C)C(=O)NC1C(=O)C[C@@H](CC(N)=O)C(=O)N[C@H]2C(=O)C[C@H]3C(=O)N[C@H](C(=O)N[C@@H](C(=O)O)c4cc(O)cc(O)c4-c4cc3ccc4O)[C@H](OC3C[C@](C)(NCC[C@H](O)[C@H](O)CO)[C@@H](O)[C@H](C)O3)c3ccc(c(Cl)c3)Oc3cc2cc(c3O[C@@H]2O[C@H](CO)[C@@H](O[C@@H]3O[C@H](CNCc4cccc(NC(=O)c5cccc(OC(F)(F)F)c5)c4)[C@H](O)[C@H](O)[C@H]3O)[C@H](O)[C@H]2O)Oc2ccc(cc2Cl)[C@H]1O. The van der Waals surface area contributed by atoms with Gasteiger partial charge in [0, 0.05) is 78.3 Å². The number of nitrogens with two attached hydrogens (primary N) is 1. The Morgan fingerprint density at radius 3 is 1.99 bits per heavy atom. The second-order valence-corrected chi connectivity index (χ2v) is 36.5. The van der Waals surface area contributed by atoms with Gasteiger partial charge >= 0.3 is 12.3 Å². The van der Waals surface area contributed by atoms with E-state index in [1.54, 1.807) is 19.9 Å². The highest BCUT2D eigenvalue weighted by atomic mass is 35.5. The lowest BCUT2D eigenvalue weighted by molar-refractivity contribution is -0.350. The second-order valence-electron chi connectivity index (χ2n) is 35.7. The predicted octanol–water partition coefficient (Wildman–Crippen LogP) is 3.23. The minimum Gasteiger partial charge on any atom is -0.508 e. The molecule has 8 heterocycles. The first-order valence-electron chi connectivity index (χ1n) is 44.7. The number of phenols is 3. The molecule has 7 aromatic rings. The summed E-state index contributed by atoms with van der Waals surface area (Å²) < 4.78 is 94.7. The van der Waals surface area contributed by atoms with Gasteiger partial charge in [-0.3, -0.25) is 38.4 Å². The number of alkyl halides is 3. The Hall–Kier alpha value is -11.6. The molecule has 25 N–H and O–H groups in total. The van der Waals surface area contributed by atoms with Gasteiger partial charge in [-0.1, -0.05) is 80.9 Å². The Labute approximate surface area is 818 Å². The van der Waals surface area contributed by atoms with Gasteiger partial charge in [0.05, 0.1) is 59.4 Å². The van der Waals surface area contributed by atoms with Gasteiger partial charge in [0.25, 0.3) is 5.91 Å². The van der Waals surface area contributed by atoms with E-state index in [2.05, 4.69) is 47.3 Å². The Bertz CT molecular complexity index is 5780. The molecule has 142 heavy (non-hydrogen) atoms. The van der Waals surface area contributed by atoms with Crippen molar-refractivity contribution in [3.05, 3.63) is 176 Å². The van der Waals surface area contributed by atoms with Crippen molar-refractivity contribution >= 4 is 81.9 Å². The van der Waals surface area contributed by atoms with Crippen molar-refractivity contribution in [2.24, 2.45) is 17.6 Å². The Morgan fingerprint density at radius 1 is 0.683 bits per heavy atom. The topological polar surface area (TPSA) is 662 Å². The summed E-state index contributed by atoms with van der Waals surface area (Å²) in [6.07, 6.45) is -41.2. The summed E-state index contributed by atoms with van der Waals surface area (Å²) in [5.74, 6) is -21.9. The number of fused-ring (bicyclic) bond motifs is 15. The molecule has 25 atom stereocenters. The van der Waals surface area contributed by atoms with Crippen LogP contribution in [-0.2, 0) is 68.6 Å². The van der Waals surface area contributed by atoms with E-state index in [0.29, 0.717) is 5.56 Å². The molecular formula is C95H112Cl2F3N9O33. The number of carboxylic acids is 1. The number of ether oxygens (including phenoxy) is 9. The Morgan fingerprint density at radius 2 is 1.35 bits per heavy atom. The van der Waals surface area contributed by atoms with Gasteiger partial charge in [0.1, 0.15) is 120 Å². The average molecular weight is 2040 g/mol. The molecule has 8 aliphatic heterocycles. The number of Topliss-reactive ketones (excluding diaryl/α,β-unsaturated/α-hetero) is 2. The standard InChI is InChI=1S/C94H108Cl2F3N9O33.CH4/c1-38(2)20-55(101-5)88(129)107-73-59(115)26-46(29-68(100)118)86(127)105-71-45-27-64(134-62-16-13-42(75(73)119)24-53(62)95)82(139-92-80(124)78(122)83(67(37-110)137-92)140-91-79(123)77(121)76(120)66(136-91)35-102-34-40-8-6-10-47(21-40)104-85(126)44-9-7-11-49(22-44)141-94(97,98)99)65(28-45)135-63-17-14-43(25-54(63)96)81(138-69-33-93(4,84(125)39(3)133-69)103-19-18-57(113)61(117)36-109)74-89(130)106-72(90(131)132)52-30-48(111)31-58(114)70(52)51-23-41(12-15-56(51)112)50(32-60(71)116)87(128)108-74;/h6-17,21-25,27-28,30-31,38-39,46,50,55,57,61,66-67,69,71-81,83-84,91-92,101-103,109-114,117,119-125H,18-20,26,29,32-37H2,1-5H3,(H2,100,118)(H,104,126)(H,105,127)(H,106,130)(H,107,129)(H,108,128)(H,131,132);1H4/t39-,46-,50+,55+,57-,61+,66+,67+,69?,71+,72+,73?,74-,75+,76-,77-,78+,79+,80+,81+,83+,84-,91-,92-,93-;/m0./s1. The summed E-state index contributed by atoms with van der Waals surface area (Å²) in [4.78, 5) is 135. The second kappa shape index (κ2) is 46.4. The van der Waals surface area contributed by atoms with Crippen LogP contribution in [0.3, 0.4) is 0 Å². The van der Waals surface area contributed by atoms with Crippen molar-refractivity contribution in [2.45, 2.75) is 233 Å². The molecule has 47 heteroatoms. The average Bonchev–Trinajstić information content (AvgIpc) is 0.760. The number of aliphatic hydroxyl groups excluding tert-OH is 11. The van der Waals surface area contributed by atoms with Crippen LogP contribution in [-0.4, -0.2) is 285 Å². The number of benzene rings is 7. The number of halogens is 5. The fourth-order valence-corrected chi connectivity index (χ4v) is 18.1. The molecule has 0 radical (unpaired) electrons. The lowest BCUT2D eigenvalue weighted by atomic mass is 9.84. The molecular weight excluding hydrogens is 1920 g/mol. The van der Waals surface area contributed by atoms with E-state index >= 15 is 24.0 Å². The van der Waals surface area contributed by atoms with Crippen LogP contribution in [0, 0.1) is 11.8 Å². The van der Waals surface area contributed by atoms with Crippen molar-refractivity contribution in [3.63, 3.8) is 0 Å². The van der Waals surface area contributed by atoms with Crippen LogP contribution in [0.15, 0.2) is 127 Å². The molecule has 3 fully saturated rings. The summed E-state index contributed by atoms with van der Waals surface area (Å²) in [6.45, 7) is 3.97. The number of rotatable bonds is 28. The first-order valence-corrected chi connectivity index (χ1v) is 45.5. The molecule has 2 unspecified atom stereocenters. The molecule has 7 aromatic carbocycles.